The van der Waals surface area contributed by atoms with Gasteiger partial charge in [0.1, 0.15) is 0 Å². The molecular formula is C12H30NO4P. The first kappa shape index (κ1) is 20.5. The van der Waals surface area contributed by atoms with Crippen molar-refractivity contribution in [2.45, 2.75) is 77.4 Å². The Kier molecular flexibility index (Phi) is 19.7. The van der Waals surface area contributed by atoms with Crippen LogP contribution in [-0.2, 0) is 0 Å². The van der Waals surface area contributed by atoms with E-state index in [-0.39, 0.29) is 0 Å². The lowest BCUT2D eigenvalue weighted by Crippen LogP contribution is -2.02. The first-order chi connectivity index (χ1) is 8.50. The van der Waals surface area contributed by atoms with Gasteiger partial charge in [0.25, 0.3) is 0 Å². The fourth-order valence-corrected chi connectivity index (χ4v) is 1.64. The molecule has 0 fully saturated rings. The van der Waals surface area contributed by atoms with Crippen molar-refractivity contribution in [1.29, 1.82) is 0 Å². The van der Waals surface area contributed by atoms with Gasteiger partial charge in [0.15, 0.2) is 6.29 Å². The van der Waals surface area contributed by atoms with E-state index in [9.17, 15) is 0 Å². The van der Waals surface area contributed by atoms with Crippen LogP contribution in [0.4, 0.5) is 0 Å². The van der Waals surface area contributed by atoms with Crippen molar-refractivity contribution in [1.82, 2.24) is 0 Å². The maximum Gasteiger partial charge on any atom is 0.247 e. The number of rotatable bonds is 10. The van der Waals surface area contributed by atoms with Crippen LogP contribution >= 0.6 is 8.53 Å². The minimum atomic E-state index is -2.12. The summed E-state index contributed by atoms with van der Waals surface area (Å²) in [5, 5.41) is 17.2. The Labute approximate surface area is 112 Å². The zero-order chi connectivity index (χ0) is 14.2. The van der Waals surface area contributed by atoms with Crippen LogP contribution < -0.4 is 5.50 Å². The predicted molar refractivity (Wildman–Crippen MR) is 75.6 cm³/mol. The highest BCUT2D eigenvalue weighted by atomic mass is 31.2. The van der Waals surface area contributed by atoms with Gasteiger partial charge in [0, 0.05) is 0 Å². The van der Waals surface area contributed by atoms with Crippen molar-refractivity contribution in [2.24, 2.45) is 5.50 Å². The summed E-state index contributed by atoms with van der Waals surface area (Å²) >= 11 is 0. The van der Waals surface area contributed by atoms with Gasteiger partial charge in [-0.05, 0) is 12.8 Å². The third kappa shape index (κ3) is 29.9. The zero-order valence-corrected chi connectivity index (χ0v) is 12.4. The molecule has 6 heteroatoms. The maximum atomic E-state index is 8.61. The van der Waals surface area contributed by atoms with Crippen molar-refractivity contribution in [3.05, 3.63) is 0 Å². The number of hydrogen-bond acceptors (Lipinski definition) is 5. The third-order valence-electron chi connectivity index (χ3n) is 2.57. The standard InChI is InChI=1S/C12H26O2.H4NO2P/c1-2-3-4-5-6-7-8-9-10-11-12(13)14;1-4(2)3/h12-14H,2-11H2,1H3;2-3H,1H2. The summed E-state index contributed by atoms with van der Waals surface area (Å²) in [6, 6.07) is 0. The van der Waals surface area contributed by atoms with Gasteiger partial charge in [-0.2, -0.15) is 0 Å². The molecule has 0 unspecified atom stereocenters. The minimum Gasteiger partial charge on any atom is -0.368 e. The molecule has 0 heterocycles. The average Bonchev–Trinajstić information content (AvgIpc) is 2.26. The van der Waals surface area contributed by atoms with Gasteiger partial charge in [-0.25, -0.2) is 0 Å². The molecule has 0 aromatic heterocycles. The van der Waals surface area contributed by atoms with E-state index >= 15 is 0 Å². The molecule has 6 N–H and O–H groups in total. The van der Waals surface area contributed by atoms with Crippen molar-refractivity contribution in [3.63, 3.8) is 0 Å². The van der Waals surface area contributed by atoms with E-state index in [4.69, 9.17) is 20.0 Å². The molecule has 0 bridgehead atoms. The van der Waals surface area contributed by atoms with Crippen LogP contribution in [0.1, 0.15) is 71.1 Å². The molecule has 0 rings (SSSR count). The molecular weight excluding hydrogens is 253 g/mol. The van der Waals surface area contributed by atoms with Crippen LogP contribution in [0.3, 0.4) is 0 Å². The van der Waals surface area contributed by atoms with E-state index in [0.29, 0.717) is 6.42 Å². The van der Waals surface area contributed by atoms with Gasteiger partial charge in [0.2, 0.25) is 8.53 Å². The molecule has 0 aromatic carbocycles. The van der Waals surface area contributed by atoms with Crippen molar-refractivity contribution < 1.29 is 20.0 Å². The SMILES string of the molecule is CCCCCCCCCCCC(O)O.NP(O)O. The molecule has 18 heavy (non-hydrogen) atoms. The Hall–Kier alpha value is 0.230. The second-order valence-corrected chi connectivity index (χ2v) is 5.06. The van der Waals surface area contributed by atoms with E-state index in [1.54, 1.807) is 0 Å². The van der Waals surface area contributed by atoms with Crippen LogP contribution in [0.15, 0.2) is 0 Å². The van der Waals surface area contributed by atoms with Crippen molar-refractivity contribution >= 4 is 8.53 Å². The molecule has 0 spiro atoms. The Bertz CT molecular complexity index is 145. The molecule has 0 saturated carbocycles. The van der Waals surface area contributed by atoms with Crippen LogP contribution in [0, 0.1) is 0 Å². The first-order valence-electron chi connectivity index (χ1n) is 6.79. The van der Waals surface area contributed by atoms with Gasteiger partial charge < -0.3 is 20.0 Å². The lowest BCUT2D eigenvalue weighted by Gasteiger charge is -2.03. The van der Waals surface area contributed by atoms with Crippen LogP contribution in [-0.4, -0.2) is 26.3 Å². The van der Waals surface area contributed by atoms with Gasteiger partial charge in [-0.15, -0.1) is 0 Å². The summed E-state index contributed by atoms with van der Waals surface area (Å²) in [6.07, 6.45) is 10.9. The lowest BCUT2D eigenvalue weighted by molar-refractivity contribution is -0.0466. The highest BCUT2D eigenvalue weighted by molar-refractivity contribution is 7.42. The van der Waals surface area contributed by atoms with E-state index in [1.165, 1.54) is 44.9 Å². The van der Waals surface area contributed by atoms with Gasteiger partial charge in [-0.1, -0.05) is 58.3 Å². The number of unbranched alkanes of at least 4 members (excludes halogenated alkanes) is 8. The Morgan fingerprint density at radius 2 is 1.17 bits per heavy atom. The third-order valence-corrected chi connectivity index (χ3v) is 2.57. The molecule has 0 aliphatic heterocycles. The van der Waals surface area contributed by atoms with Crippen molar-refractivity contribution in [3.8, 4) is 0 Å². The van der Waals surface area contributed by atoms with E-state index in [0.717, 1.165) is 12.8 Å². The average molecular weight is 283 g/mol. The highest BCUT2D eigenvalue weighted by Crippen LogP contribution is 2.10. The Morgan fingerprint density at radius 1 is 0.833 bits per heavy atom. The largest absolute Gasteiger partial charge is 0.368 e. The second kappa shape index (κ2) is 17.2. The molecule has 0 saturated heterocycles. The smallest absolute Gasteiger partial charge is 0.247 e. The fourth-order valence-electron chi connectivity index (χ4n) is 1.64. The lowest BCUT2D eigenvalue weighted by atomic mass is 10.1. The number of aliphatic hydroxyl groups excluding tert-OH is 1. The van der Waals surface area contributed by atoms with Gasteiger partial charge >= 0.3 is 0 Å². The summed E-state index contributed by atoms with van der Waals surface area (Å²) in [5.74, 6) is 0. The summed E-state index contributed by atoms with van der Waals surface area (Å²) in [4.78, 5) is 14.9. The topological polar surface area (TPSA) is 107 Å². The Balaban J connectivity index is 0. The number of hydrogen-bond donors (Lipinski definition) is 5. The maximum absolute atomic E-state index is 8.61. The summed E-state index contributed by atoms with van der Waals surface area (Å²) < 4.78 is 0. The molecule has 5 nitrogen and oxygen atoms in total. The van der Waals surface area contributed by atoms with E-state index < -0.39 is 14.8 Å². The summed E-state index contributed by atoms with van der Waals surface area (Å²) in [5.41, 5.74) is 4.29. The molecule has 0 radical (unpaired) electrons. The monoisotopic (exact) mass is 283 g/mol. The molecule has 0 aromatic rings. The molecule has 0 amide bonds. The first-order valence-corrected chi connectivity index (χ1v) is 8.11. The van der Waals surface area contributed by atoms with Crippen LogP contribution in [0.25, 0.3) is 0 Å². The summed E-state index contributed by atoms with van der Waals surface area (Å²) in [6.45, 7) is 2.24. The summed E-state index contributed by atoms with van der Waals surface area (Å²) in [7, 11) is -2.12. The van der Waals surface area contributed by atoms with E-state index in [1.807, 2.05) is 0 Å². The Morgan fingerprint density at radius 3 is 1.50 bits per heavy atom. The van der Waals surface area contributed by atoms with Gasteiger partial charge in [-0.3, -0.25) is 5.50 Å². The molecule has 0 aliphatic carbocycles. The minimum absolute atomic E-state index is 0.538. The quantitative estimate of drug-likeness (QED) is 0.240. The number of nitrogens with two attached hydrogens (primary N) is 1. The number of aliphatic hydroxyl groups is 2. The highest BCUT2D eigenvalue weighted by Gasteiger charge is 1.96. The zero-order valence-electron chi connectivity index (χ0n) is 11.5. The molecule has 112 valence electrons. The normalized spacial score (nSPS) is 10.7. The second-order valence-electron chi connectivity index (χ2n) is 4.42. The fraction of sp³-hybridized carbons (Fsp3) is 1.00. The molecule has 0 aliphatic rings. The van der Waals surface area contributed by atoms with Crippen molar-refractivity contribution in [2.75, 3.05) is 0 Å². The predicted octanol–water partition coefficient (Wildman–Crippen LogP) is 2.37. The van der Waals surface area contributed by atoms with Crippen LogP contribution in [0.5, 0.6) is 0 Å². The van der Waals surface area contributed by atoms with Crippen LogP contribution in [0.2, 0.25) is 0 Å². The van der Waals surface area contributed by atoms with Gasteiger partial charge in [0.05, 0.1) is 0 Å². The molecule has 0 atom stereocenters. The van der Waals surface area contributed by atoms with E-state index in [2.05, 4.69) is 12.4 Å².